The molecule has 1 saturated carbocycles. The summed E-state index contributed by atoms with van der Waals surface area (Å²) < 4.78 is 34.9. The Labute approximate surface area is 176 Å². The van der Waals surface area contributed by atoms with Gasteiger partial charge < -0.3 is 10.1 Å². The molecule has 4 rings (SSSR count). The van der Waals surface area contributed by atoms with E-state index in [1.807, 2.05) is 38.1 Å². The number of hydrogen-bond donors (Lipinski definition) is 1. The van der Waals surface area contributed by atoms with Crippen LogP contribution in [0.3, 0.4) is 0 Å². The highest BCUT2D eigenvalue weighted by atomic mass is 32.2. The van der Waals surface area contributed by atoms with Crippen molar-refractivity contribution in [3.8, 4) is 0 Å². The molecule has 1 aliphatic heterocycles. The van der Waals surface area contributed by atoms with E-state index in [1.165, 1.54) is 11.3 Å². The molecular weight excluding hydrogens is 408 g/mol. The van der Waals surface area contributed by atoms with Gasteiger partial charge in [0.2, 0.25) is 10.0 Å². The summed E-state index contributed by atoms with van der Waals surface area (Å²) in [6.45, 7) is 4.84. The van der Waals surface area contributed by atoms with Crippen LogP contribution >= 0.6 is 11.3 Å². The van der Waals surface area contributed by atoms with Gasteiger partial charge in [-0.05, 0) is 38.1 Å². The van der Waals surface area contributed by atoms with Crippen LogP contribution in [0.25, 0.3) is 10.1 Å². The first-order valence-corrected chi connectivity index (χ1v) is 12.6. The number of amides is 1. The van der Waals surface area contributed by atoms with Gasteiger partial charge in [-0.25, -0.2) is 8.42 Å². The molecule has 0 radical (unpaired) electrons. The topological polar surface area (TPSA) is 75.7 Å². The van der Waals surface area contributed by atoms with Gasteiger partial charge in [0.1, 0.15) is 0 Å². The first-order valence-electron chi connectivity index (χ1n) is 10.3. The highest BCUT2D eigenvalue weighted by Crippen LogP contribution is 2.39. The lowest BCUT2D eigenvalue weighted by Crippen LogP contribution is -2.46. The number of thiophene rings is 1. The van der Waals surface area contributed by atoms with Crippen LogP contribution in [0.4, 0.5) is 0 Å². The number of benzene rings is 1. The predicted molar refractivity (Wildman–Crippen MR) is 116 cm³/mol. The average Bonchev–Trinajstić information content (AvgIpc) is 3.36. The van der Waals surface area contributed by atoms with E-state index in [1.54, 1.807) is 4.31 Å². The Morgan fingerprint density at radius 2 is 1.97 bits per heavy atom. The molecule has 2 heterocycles. The van der Waals surface area contributed by atoms with E-state index >= 15 is 0 Å². The number of carbonyl (C=O) groups is 1. The summed E-state index contributed by atoms with van der Waals surface area (Å²) in [6, 6.07) is 7.89. The largest absolute Gasteiger partial charge is 0.371 e. The van der Waals surface area contributed by atoms with Crippen molar-refractivity contribution in [2.24, 2.45) is 0 Å². The minimum Gasteiger partial charge on any atom is -0.371 e. The lowest BCUT2D eigenvalue weighted by atomic mass is 10.0. The zero-order valence-electron chi connectivity index (χ0n) is 16.9. The standard InChI is InChI=1S/C21H28N2O4S2/c1-14(2)22-21(24)20-19(16-9-5-6-10-18(16)28-20)17-13-23(11-12-27-17)29(25,26)15-7-3-4-8-15/h5-6,9-10,14-15,17H,3-4,7-8,11-13H2,1-2H3,(H,22,24)/t17-/m0/s1. The SMILES string of the molecule is CC(C)NC(=O)c1sc2ccccc2c1[C@@H]1CN(S(=O)(=O)C2CCCC2)CCO1. The molecule has 29 heavy (non-hydrogen) atoms. The Balaban J connectivity index is 1.69. The number of fused-ring (bicyclic) bond motifs is 1. The van der Waals surface area contributed by atoms with Gasteiger partial charge in [0, 0.05) is 29.4 Å². The molecule has 2 aromatic rings. The normalized spacial score (nSPS) is 21.8. The third kappa shape index (κ3) is 4.08. The van der Waals surface area contributed by atoms with Crippen molar-refractivity contribution in [2.45, 2.75) is 56.9 Å². The van der Waals surface area contributed by atoms with Crippen LogP contribution in [0.1, 0.15) is 60.9 Å². The summed E-state index contributed by atoms with van der Waals surface area (Å²) >= 11 is 1.44. The summed E-state index contributed by atoms with van der Waals surface area (Å²) in [7, 11) is -3.33. The smallest absolute Gasteiger partial charge is 0.261 e. The molecule has 0 bridgehead atoms. The minimum absolute atomic E-state index is 0.0204. The summed E-state index contributed by atoms with van der Waals surface area (Å²) in [5.41, 5.74) is 0.815. The third-order valence-corrected chi connectivity index (χ3v) is 9.25. The van der Waals surface area contributed by atoms with Gasteiger partial charge in [-0.2, -0.15) is 4.31 Å². The van der Waals surface area contributed by atoms with Crippen LogP contribution in [0.2, 0.25) is 0 Å². The highest BCUT2D eigenvalue weighted by Gasteiger charge is 2.39. The summed E-state index contributed by atoms with van der Waals surface area (Å²) in [6.07, 6.45) is 3.00. The van der Waals surface area contributed by atoms with E-state index in [9.17, 15) is 13.2 Å². The molecule has 1 saturated heterocycles. The maximum absolute atomic E-state index is 13.1. The molecule has 1 aliphatic carbocycles. The summed E-state index contributed by atoms with van der Waals surface area (Å²) in [5.74, 6) is -0.129. The van der Waals surface area contributed by atoms with Crippen molar-refractivity contribution in [3.63, 3.8) is 0 Å². The van der Waals surface area contributed by atoms with E-state index < -0.39 is 16.1 Å². The van der Waals surface area contributed by atoms with Crippen LogP contribution < -0.4 is 5.32 Å². The quantitative estimate of drug-likeness (QED) is 0.776. The minimum atomic E-state index is -3.33. The van der Waals surface area contributed by atoms with E-state index in [-0.39, 0.29) is 23.7 Å². The number of rotatable bonds is 5. The zero-order valence-corrected chi connectivity index (χ0v) is 18.5. The Hall–Kier alpha value is -1.48. The molecule has 1 aromatic heterocycles. The molecule has 0 spiro atoms. The van der Waals surface area contributed by atoms with E-state index in [4.69, 9.17) is 4.74 Å². The summed E-state index contributed by atoms with van der Waals surface area (Å²) in [5, 5.41) is 3.66. The lowest BCUT2D eigenvalue weighted by molar-refractivity contribution is -0.00220. The Morgan fingerprint density at radius 1 is 1.24 bits per heavy atom. The second kappa shape index (κ2) is 8.34. The van der Waals surface area contributed by atoms with Crippen molar-refractivity contribution >= 4 is 37.4 Å². The third-order valence-electron chi connectivity index (χ3n) is 5.69. The van der Waals surface area contributed by atoms with Gasteiger partial charge in [-0.3, -0.25) is 4.79 Å². The van der Waals surface area contributed by atoms with Crippen molar-refractivity contribution in [2.75, 3.05) is 19.7 Å². The molecule has 1 amide bonds. The fraction of sp³-hybridized carbons (Fsp3) is 0.571. The van der Waals surface area contributed by atoms with Crippen LogP contribution in [-0.2, 0) is 14.8 Å². The molecule has 8 heteroatoms. The van der Waals surface area contributed by atoms with Gasteiger partial charge in [-0.15, -0.1) is 11.3 Å². The molecule has 1 atom stereocenters. The number of ether oxygens (including phenoxy) is 1. The van der Waals surface area contributed by atoms with Gasteiger partial charge in [0.15, 0.2) is 0 Å². The number of morpholine rings is 1. The van der Waals surface area contributed by atoms with Crippen molar-refractivity contribution in [1.82, 2.24) is 9.62 Å². The molecule has 2 fully saturated rings. The van der Waals surface area contributed by atoms with E-state index in [0.717, 1.165) is 41.3 Å². The van der Waals surface area contributed by atoms with Gasteiger partial charge in [-0.1, -0.05) is 31.0 Å². The molecule has 0 unspecified atom stereocenters. The zero-order chi connectivity index (χ0) is 20.6. The van der Waals surface area contributed by atoms with Gasteiger partial charge >= 0.3 is 0 Å². The molecule has 1 aromatic carbocycles. The maximum Gasteiger partial charge on any atom is 0.261 e. The van der Waals surface area contributed by atoms with Crippen LogP contribution in [-0.4, -0.2) is 49.6 Å². The maximum atomic E-state index is 13.1. The van der Waals surface area contributed by atoms with E-state index in [2.05, 4.69) is 5.32 Å². The Kier molecular flexibility index (Phi) is 5.97. The number of nitrogens with zero attached hydrogens (tertiary/aromatic N) is 1. The fourth-order valence-corrected chi connectivity index (χ4v) is 7.49. The van der Waals surface area contributed by atoms with Crippen molar-refractivity contribution in [1.29, 1.82) is 0 Å². The number of nitrogens with one attached hydrogen (secondary N) is 1. The van der Waals surface area contributed by atoms with E-state index in [0.29, 0.717) is 18.0 Å². The monoisotopic (exact) mass is 436 g/mol. The highest BCUT2D eigenvalue weighted by molar-refractivity contribution is 7.89. The first kappa shape index (κ1) is 20.8. The summed E-state index contributed by atoms with van der Waals surface area (Å²) in [4.78, 5) is 13.5. The Bertz CT molecular complexity index is 993. The van der Waals surface area contributed by atoms with Crippen LogP contribution in [0.15, 0.2) is 24.3 Å². The molecule has 2 aliphatic rings. The molecular formula is C21H28N2O4S2. The predicted octanol–water partition coefficient (Wildman–Crippen LogP) is 3.69. The van der Waals surface area contributed by atoms with Crippen molar-refractivity contribution < 1.29 is 17.9 Å². The lowest BCUT2D eigenvalue weighted by Gasteiger charge is -2.34. The molecule has 1 N–H and O–H groups in total. The van der Waals surface area contributed by atoms with Crippen LogP contribution in [0, 0.1) is 0 Å². The number of carbonyl (C=O) groups excluding carboxylic acids is 1. The average molecular weight is 437 g/mol. The second-order valence-electron chi connectivity index (χ2n) is 8.14. The first-order chi connectivity index (χ1) is 13.9. The Morgan fingerprint density at radius 3 is 2.69 bits per heavy atom. The second-order valence-corrected chi connectivity index (χ2v) is 11.4. The van der Waals surface area contributed by atoms with Crippen LogP contribution in [0.5, 0.6) is 0 Å². The van der Waals surface area contributed by atoms with Gasteiger partial charge in [0.25, 0.3) is 5.91 Å². The number of hydrogen-bond acceptors (Lipinski definition) is 5. The fourth-order valence-electron chi connectivity index (χ4n) is 4.31. The molecule has 6 nitrogen and oxygen atoms in total. The number of sulfonamides is 1. The molecule has 158 valence electrons. The van der Waals surface area contributed by atoms with Gasteiger partial charge in [0.05, 0.1) is 22.8 Å². The van der Waals surface area contributed by atoms with Crippen molar-refractivity contribution in [3.05, 3.63) is 34.7 Å².